The Morgan fingerprint density at radius 2 is 1.89 bits per heavy atom. The van der Waals surface area contributed by atoms with Crippen LogP contribution in [-0.4, -0.2) is 57.8 Å². The number of nitrogens with zero attached hydrogens (tertiary/aromatic N) is 4. The maximum atomic E-state index is 12.6. The van der Waals surface area contributed by atoms with E-state index in [1.54, 1.807) is 36.4 Å². The van der Waals surface area contributed by atoms with E-state index in [9.17, 15) is 9.59 Å². The molecule has 1 aromatic carbocycles. The molecule has 0 radical (unpaired) electrons. The Labute approximate surface area is 156 Å². The lowest BCUT2D eigenvalue weighted by molar-refractivity contribution is -0.131. The van der Waals surface area contributed by atoms with Crippen molar-refractivity contribution in [3.63, 3.8) is 0 Å². The molecule has 3 aromatic rings. The van der Waals surface area contributed by atoms with Gasteiger partial charge in [0.2, 0.25) is 5.91 Å². The molecule has 138 valence electrons. The number of hydrogen-bond donors (Lipinski definition) is 0. The fourth-order valence-corrected chi connectivity index (χ4v) is 3.32. The van der Waals surface area contributed by atoms with Crippen molar-refractivity contribution >= 4 is 22.9 Å². The summed E-state index contributed by atoms with van der Waals surface area (Å²) in [4.78, 5) is 37.0. The summed E-state index contributed by atoms with van der Waals surface area (Å²) in [6.07, 6.45) is 3.53. The Morgan fingerprint density at radius 1 is 1.11 bits per heavy atom. The van der Waals surface area contributed by atoms with Crippen LogP contribution in [-0.2, 0) is 11.2 Å². The molecule has 7 heteroatoms. The van der Waals surface area contributed by atoms with Crippen molar-refractivity contribution in [3.8, 4) is 0 Å². The van der Waals surface area contributed by atoms with Gasteiger partial charge in [-0.2, -0.15) is 0 Å². The standard InChI is InChI=1S/C20H20N4O3/c1-14-22-17-11-15(4-5-18(17)27-14)12-19(25)23-7-9-24(10-8-23)20(26)16-3-2-6-21-13-16/h2-6,11,13H,7-10,12H2,1H3. The highest BCUT2D eigenvalue weighted by atomic mass is 16.3. The van der Waals surface area contributed by atoms with Crippen molar-refractivity contribution in [1.82, 2.24) is 19.8 Å². The first-order valence-corrected chi connectivity index (χ1v) is 8.93. The molecule has 1 aliphatic heterocycles. The summed E-state index contributed by atoms with van der Waals surface area (Å²) in [6.45, 7) is 3.94. The number of benzene rings is 1. The van der Waals surface area contributed by atoms with Gasteiger partial charge in [0.15, 0.2) is 11.5 Å². The SMILES string of the molecule is Cc1nc2cc(CC(=O)N3CCN(C(=O)c4cccnc4)CC3)ccc2o1. The minimum atomic E-state index is -0.0398. The van der Waals surface area contributed by atoms with Gasteiger partial charge in [0.05, 0.1) is 12.0 Å². The number of hydrogen-bond acceptors (Lipinski definition) is 5. The van der Waals surface area contributed by atoms with Gasteiger partial charge in [0.25, 0.3) is 5.91 Å². The number of piperazine rings is 1. The van der Waals surface area contributed by atoms with Gasteiger partial charge in [-0.3, -0.25) is 14.6 Å². The van der Waals surface area contributed by atoms with Crippen LogP contribution in [0.5, 0.6) is 0 Å². The van der Waals surface area contributed by atoms with Crippen molar-refractivity contribution in [2.45, 2.75) is 13.3 Å². The van der Waals surface area contributed by atoms with E-state index in [2.05, 4.69) is 9.97 Å². The van der Waals surface area contributed by atoms with Crippen molar-refractivity contribution in [2.75, 3.05) is 26.2 Å². The normalized spacial score (nSPS) is 14.6. The van der Waals surface area contributed by atoms with Gasteiger partial charge < -0.3 is 14.2 Å². The molecule has 7 nitrogen and oxygen atoms in total. The van der Waals surface area contributed by atoms with Crippen LogP contribution in [0, 0.1) is 6.92 Å². The molecule has 1 fully saturated rings. The second-order valence-corrected chi connectivity index (χ2v) is 6.63. The van der Waals surface area contributed by atoms with Crippen LogP contribution in [0.4, 0.5) is 0 Å². The molecule has 1 aliphatic rings. The molecule has 0 spiro atoms. The molecule has 4 rings (SSSR count). The van der Waals surface area contributed by atoms with E-state index in [-0.39, 0.29) is 11.8 Å². The monoisotopic (exact) mass is 364 g/mol. The number of aryl methyl sites for hydroxylation is 1. The number of oxazole rings is 1. The maximum Gasteiger partial charge on any atom is 0.255 e. The third-order valence-electron chi connectivity index (χ3n) is 4.74. The van der Waals surface area contributed by atoms with Crippen molar-refractivity contribution in [1.29, 1.82) is 0 Å². The van der Waals surface area contributed by atoms with Crippen molar-refractivity contribution < 1.29 is 14.0 Å². The summed E-state index contributed by atoms with van der Waals surface area (Å²) < 4.78 is 5.47. The molecule has 1 saturated heterocycles. The van der Waals surface area contributed by atoms with Crippen LogP contribution >= 0.6 is 0 Å². The van der Waals surface area contributed by atoms with Gasteiger partial charge in [-0.15, -0.1) is 0 Å². The number of aromatic nitrogens is 2. The summed E-state index contributed by atoms with van der Waals surface area (Å²) in [6, 6.07) is 9.15. The van der Waals surface area contributed by atoms with Crippen molar-refractivity contribution in [2.24, 2.45) is 0 Å². The highest BCUT2D eigenvalue weighted by Gasteiger charge is 2.25. The van der Waals surface area contributed by atoms with Gasteiger partial charge in [0.1, 0.15) is 5.52 Å². The van der Waals surface area contributed by atoms with Crippen LogP contribution in [0.25, 0.3) is 11.1 Å². The van der Waals surface area contributed by atoms with E-state index in [1.807, 2.05) is 23.1 Å². The molecule has 0 unspecified atom stereocenters. The van der Waals surface area contributed by atoms with Gasteiger partial charge in [0, 0.05) is 45.5 Å². The Bertz CT molecular complexity index is 975. The lowest BCUT2D eigenvalue weighted by Gasteiger charge is -2.34. The van der Waals surface area contributed by atoms with Crippen LogP contribution < -0.4 is 0 Å². The first-order valence-electron chi connectivity index (χ1n) is 8.93. The van der Waals surface area contributed by atoms with E-state index >= 15 is 0 Å². The third kappa shape index (κ3) is 3.67. The zero-order chi connectivity index (χ0) is 18.8. The molecule has 3 heterocycles. The average molecular weight is 364 g/mol. The summed E-state index contributed by atoms with van der Waals surface area (Å²) in [5.41, 5.74) is 2.99. The topological polar surface area (TPSA) is 79.5 Å². The number of pyridine rings is 1. The molecule has 2 amide bonds. The van der Waals surface area contributed by atoms with E-state index < -0.39 is 0 Å². The molecule has 0 bridgehead atoms. The fraction of sp³-hybridized carbons (Fsp3) is 0.300. The molecule has 0 aliphatic carbocycles. The summed E-state index contributed by atoms with van der Waals surface area (Å²) in [5.74, 6) is 0.632. The van der Waals surface area contributed by atoms with Crippen LogP contribution in [0.2, 0.25) is 0 Å². The zero-order valence-corrected chi connectivity index (χ0v) is 15.1. The summed E-state index contributed by atoms with van der Waals surface area (Å²) in [7, 11) is 0. The zero-order valence-electron chi connectivity index (χ0n) is 15.1. The molecule has 0 saturated carbocycles. The summed E-state index contributed by atoms with van der Waals surface area (Å²) in [5, 5.41) is 0. The van der Waals surface area contributed by atoms with Crippen LogP contribution in [0.15, 0.2) is 47.1 Å². The minimum Gasteiger partial charge on any atom is -0.441 e. The quantitative estimate of drug-likeness (QED) is 0.711. The lowest BCUT2D eigenvalue weighted by Crippen LogP contribution is -2.51. The molecular formula is C20H20N4O3. The smallest absolute Gasteiger partial charge is 0.255 e. The summed E-state index contributed by atoms with van der Waals surface area (Å²) >= 11 is 0. The molecule has 0 atom stereocenters. The molecule has 0 N–H and O–H groups in total. The lowest BCUT2D eigenvalue weighted by atomic mass is 10.1. The second kappa shape index (κ2) is 7.19. The van der Waals surface area contributed by atoms with Gasteiger partial charge in [-0.1, -0.05) is 6.07 Å². The Morgan fingerprint density at radius 3 is 2.63 bits per heavy atom. The minimum absolute atomic E-state index is 0.0398. The Balaban J connectivity index is 1.36. The predicted molar refractivity (Wildman–Crippen MR) is 99.2 cm³/mol. The van der Waals surface area contributed by atoms with E-state index in [1.165, 1.54) is 0 Å². The van der Waals surface area contributed by atoms with E-state index in [0.717, 1.165) is 16.7 Å². The van der Waals surface area contributed by atoms with Gasteiger partial charge >= 0.3 is 0 Å². The van der Waals surface area contributed by atoms with Gasteiger partial charge in [-0.05, 0) is 29.8 Å². The first-order chi connectivity index (χ1) is 13.1. The first kappa shape index (κ1) is 17.2. The molecule has 27 heavy (non-hydrogen) atoms. The van der Waals surface area contributed by atoms with E-state index in [4.69, 9.17) is 4.42 Å². The third-order valence-corrected chi connectivity index (χ3v) is 4.74. The average Bonchev–Trinajstić information content (AvgIpc) is 3.07. The van der Waals surface area contributed by atoms with Crippen LogP contribution in [0.3, 0.4) is 0 Å². The largest absolute Gasteiger partial charge is 0.441 e. The number of carbonyl (C=O) groups excluding carboxylic acids is 2. The molecule has 2 aromatic heterocycles. The Kier molecular flexibility index (Phi) is 4.58. The highest BCUT2D eigenvalue weighted by molar-refractivity contribution is 5.94. The van der Waals surface area contributed by atoms with Crippen LogP contribution in [0.1, 0.15) is 21.8 Å². The van der Waals surface area contributed by atoms with E-state index in [0.29, 0.717) is 44.1 Å². The molecular weight excluding hydrogens is 344 g/mol. The Hall–Kier alpha value is -3.22. The second-order valence-electron chi connectivity index (χ2n) is 6.63. The number of amides is 2. The fourth-order valence-electron chi connectivity index (χ4n) is 3.32. The number of fused-ring (bicyclic) bond motifs is 1. The number of carbonyl (C=O) groups is 2. The van der Waals surface area contributed by atoms with Crippen molar-refractivity contribution in [3.05, 3.63) is 59.7 Å². The number of rotatable bonds is 3. The predicted octanol–water partition coefficient (Wildman–Crippen LogP) is 2.06. The van der Waals surface area contributed by atoms with Gasteiger partial charge in [-0.25, -0.2) is 4.98 Å². The highest BCUT2D eigenvalue weighted by Crippen LogP contribution is 2.18. The maximum absolute atomic E-state index is 12.6.